The highest BCUT2D eigenvalue weighted by Gasteiger charge is 2.53. The first-order valence-corrected chi connectivity index (χ1v) is 16.2. The molecule has 7 atom stereocenters. The van der Waals surface area contributed by atoms with Gasteiger partial charge in [-0.3, -0.25) is 4.21 Å². The van der Waals surface area contributed by atoms with Gasteiger partial charge in [0.1, 0.15) is 35.9 Å². The van der Waals surface area contributed by atoms with Gasteiger partial charge in [0.05, 0.1) is 44.8 Å². The number of hydrogen-bond acceptors (Lipinski definition) is 8. The minimum absolute atomic E-state index is 0.248. The lowest BCUT2D eigenvalue weighted by molar-refractivity contribution is -0.330. The summed E-state index contributed by atoms with van der Waals surface area (Å²) in [6, 6.07) is 32.8. The molecular weight excluding hydrogens is 592 g/mol. The molecule has 0 N–H and O–H groups in total. The average molecular weight is 631 g/mol. The van der Waals surface area contributed by atoms with E-state index in [2.05, 4.69) is 0 Å². The highest BCUT2D eigenvalue weighted by molar-refractivity contribution is 7.85. The minimum Gasteiger partial charge on any atom is -0.497 e. The number of methoxy groups -OCH3 is 2. The molecule has 2 heterocycles. The fourth-order valence-corrected chi connectivity index (χ4v) is 6.89. The third-order valence-electron chi connectivity index (χ3n) is 8.02. The number of rotatable bonds is 11. The molecule has 2 aliphatic heterocycles. The molecule has 2 fully saturated rings. The van der Waals surface area contributed by atoms with Crippen LogP contribution in [0.3, 0.4) is 0 Å². The molecule has 6 rings (SSSR count). The molecule has 8 nitrogen and oxygen atoms in total. The molecule has 0 spiro atoms. The number of aryl methyl sites for hydroxylation is 1. The summed E-state index contributed by atoms with van der Waals surface area (Å²) >= 11 is 0. The van der Waals surface area contributed by atoms with Gasteiger partial charge in [-0.05, 0) is 54.4 Å². The molecule has 7 unspecified atom stereocenters. The molecule has 2 saturated heterocycles. The first-order valence-electron chi connectivity index (χ1n) is 15.0. The molecule has 236 valence electrons. The highest BCUT2D eigenvalue weighted by atomic mass is 32.2. The van der Waals surface area contributed by atoms with E-state index in [9.17, 15) is 4.21 Å². The van der Waals surface area contributed by atoms with Crippen LogP contribution in [0.5, 0.6) is 11.5 Å². The lowest BCUT2D eigenvalue weighted by Crippen LogP contribution is -2.63. The zero-order chi connectivity index (χ0) is 31.2. The van der Waals surface area contributed by atoms with Gasteiger partial charge in [-0.15, -0.1) is 0 Å². The Morgan fingerprint density at radius 1 is 0.711 bits per heavy atom. The maximum absolute atomic E-state index is 14.2. The van der Waals surface area contributed by atoms with Crippen molar-refractivity contribution in [3.05, 3.63) is 125 Å². The topological polar surface area (TPSA) is 81.7 Å². The summed E-state index contributed by atoms with van der Waals surface area (Å²) in [5, 5.41) is 0. The predicted octanol–water partition coefficient (Wildman–Crippen LogP) is 6.13. The lowest BCUT2D eigenvalue weighted by atomic mass is 9.98. The van der Waals surface area contributed by atoms with Gasteiger partial charge in [0, 0.05) is 10.5 Å². The number of benzene rings is 4. The maximum Gasteiger partial charge on any atom is 0.184 e. The van der Waals surface area contributed by atoms with E-state index in [1.807, 2.05) is 110 Å². The molecule has 0 amide bonds. The Labute approximate surface area is 266 Å². The van der Waals surface area contributed by atoms with Crippen molar-refractivity contribution in [2.24, 2.45) is 0 Å². The third kappa shape index (κ3) is 7.47. The molecule has 9 heteroatoms. The summed E-state index contributed by atoms with van der Waals surface area (Å²) in [6.45, 7) is 2.78. The van der Waals surface area contributed by atoms with Gasteiger partial charge in [0.25, 0.3) is 0 Å². The van der Waals surface area contributed by atoms with Crippen molar-refractivity contribution >= 4 is 10.8 Å². The zero-order valence-electron chi connectivity index (χ0n) is 25.6. The summed E-state index contributed by atoms with van der Waals surface area (Å²) < 4.78 is 57.5. The summed E-state index contributed by atoms with van der Waals surface area (Å²) in [5.41, 5.74) is 3.02. The Morgan fingerprint density at radius 2 is 1.29 bits per heavy atom. The van der Waals surface area contributed by atoms with Crippen LogP contribution in [0.1, 0.15) is 28.5 Å². The van der Waals surface area contributed by atoms with Gasteiger partial charge in [-0.2, -0.15) is 0 Å². The molecule has 4 aromatic rings. The van der Waals surface area contributed by atoms with Crippen molar-refractivity contribution in [2.75, 3.05) is 20.8 Å². The van der Waals surface area contributed by atoms with E-state index in [4.69, 9.17) is 33.2 Å². The molecule has 0 aliphatic carbocycles. The summed E-state index contributed by atoms with van der Waals surface area (Å²) in [6.07, 6.45) is -3.04. The molecular formula is C36H38O8S. The van der Waals surface area contributed by atoms with Gasteiger partial charge in [-0.25, -0.2) is 0 Å². The largest absolute Gasteiger partial charge is 0.497 e. The van der Waals surface area contributed by atoms with Crippen LogP contribution in [0.4, 0.5) is 0 Å². The molecule has 0 bridgehead atoms. The second kappa shape index (κ2) is 14.7. The smallest absolute Gasteiger partial charge is 0.184 e. The van der Waals surface area contributed by atoms with E-state index in [1.165, 1.54) is 0 Å². The van der Waals surface area contributed by atoms with Crippen LogP contribution in [0, 0.1) is 6.92 Å². The first-order chi connectivity index (χ1) is 22.0. The summed E-state index contributed by atoms with van der Waals surface area (Å²) in [5.74, 6) is 1.52. The first kappa shape index (κ1) is 31.4. The Kier molecular flexibility index (Phi) is 10.2. The van der Waals surface area contributed by atoms with Gasteiger partial charge in [0.2, 0.25) is 0 Å². The van der Waals surface area contributed by atoms with Crippen LogP contribution in [0.2, 0.25) is 0 Å². The fourth-order valence-electron chi connectivity index (χ4n) is 5.50. The van der Waals surface area contributed by atoms with E-state index in [-0.39, 0.29) is 19.8 Å². The van der Waals surface area contributed by atoms with Gasteiger partial charge in [0.15, 0.2) is 11.7 Å². The molecule has 45 heavy (non-hydrogen) atoms. The Morgan fingerprint density at radius 3 is 1.87 bits per heavy atom. The highest BCUT2D eigenvalue weighted by Crippen LogP contribution is 2.39. The van der Waals surface area contributed by atoms with Crippen molar-refractivity contribution in [2.45, 2.75) is 61.2 Å². The zero-order valence-corrected chi connectivity index (χ0v) is 26.4. The third-order valence-corrected chi connectivity index (χ3v) is 9.56. The van der Waals surface area contributed by atoms with E-state index in [0.29, 0.717) is 4.90 Å². The van der Waals surface area contributed by atoms with Gasteiger partial charge in [-0.1, -0.05) is 72.3 Å². The van der Waals surface area contributed by atoms with Crippen molar-refractivity contribution in [1.29, 1.82) is 0 Å². The second-order valence-corrected chi connectivity index (χ2v) is 12.6. The molecule has 0 saturated carbocycles. The molecule has 0 aromatic heterocycles. The van der Waals surface area contributed by atoms with E-state index in [0.717, 1.165) is 33.8 Å². The number of hydrogen-bond donors (Lipinski definition) is 0. The Balaban J connectivity index is 1.33. The van der Waals surface area contributed by atoms with Gasteiger partial charge < -0.3 is 33.2 Å². The predicted molar refractivity (Wildman–Crippen MR) is 169 cm³/mol. The number of fused-ring (bicyclic) bond motifs is 1. The van der Waals surface area contributed by atoms with Gasteiger partial charge >= 0.3 is 0 Å². The van der Waals surface area contributed by atoms with Crippen LogP contribution >= 0.6 is 0 Å². The van der Waals surface area contributed by atoms with Crippen LogP contribution in [-0.2, 0) is 47.7 Å². The average Bonchev–Trinajstić information content (AvgIpc) is 3.10. The summed E-state index contributed by atoms with van der Waals surface area (Å²) in [4.78, 5) is 0.649. The van der Waals surface area contributed by atoms with E-state index >= 15 is 0 Å². The van der Waals surface area contributed by atoms with Crippen molar-refractivity contribution in [3.8, 4) is 11.5 Å². The van der Waals surface area contributed by atoms with Crippen molar-refractivity contribution < 1.29 is 37.4 Å². The van der Waals surface area contributed by atoms with Crippen molar-refractivity contribution in [1.82, 2.24) is 0 Å². The molecule has 4 aromatic carbocycles. The fraction of sp³-hybridized carbons (Fsp3) is 0.333. The number of ether oxygens (including phenoxy) is 7. The minimum atomic E-state index is -1.58. The maximum atomic E-state index is 14.2. The van der Waals surface area contributed by atoms with Crippen LogP contribution in [-0.4, -0.2) is 54.9 Å². The van der Waals surface area contributed by atoms with E-state index < -0.39 is 46.9 Å². The SMILES string of the molecule is COc1ccc(COC2C3OC(c4ccccc4)OCC3OC(S(=O)c3ccc(C)cc3)C2OCc2ccc(OC)cc2)cc1. The standard InChI is InChI=1S/C36H38O8S/c1-24-9-19-30(20-10-24)45(37)36-34(41-22-26-13-17-29(39-3)18-14-26)33(40-21-25-11-15-28(38-2)16-12-25)32-31(43-36)23-42-35(44-32)27-7-5-4-6-8-27/h4-20,31-36H,21-23H2,1-3H3. The monoisotopic (exact) mass is 630 g/mol. The van der Waals surface area contributed by atoms with E-state index in [1.54, 1.807) is 14.2 Å². The molecule has 2 aliphatic rings. The van der Waals surface area contributed by atoms with Crippen LogP contribution < -0.4 is 9.47 Å². The Bertz CT molecular complexity index is 1530. The Hall–Kier alpha value is -3.57. The second-order valence-electron chi connectivity index (χ2n) is 11.1. The van der Waals surface area contributed by atoms with Crippen LogP contribution in [0.25, 0.3) is 0 Å². The van der Waals surface area contributed by atoms with Crippen LogP contribution in [0.15, 0.2) is 108 Å². The normalized spacial score (nSPS) is 25.2. The quantitative estimate of drug-likeness (QED) is 0.196. The molecule has 0 radical (unpaired) electrons. The summed E-state index contributed by atoms with van der Waals surface area (Å²) in [7, 11) is 1.69. The lowest BCUT2D eigenvalue weighted by Gasteiger charge is -2.49. The van der Waals surface area contributed by atoms with Crippen molar-refractivity contribution in [3.63, 3.8) is 0 Å².